The smallest absolute Gasteiger partial charge is 0.0207 e. The number of fused-ring (bicyclic) bond motifs is 1. The van der Waals surface area contributed by atoms with Gasteiger partial charge in [0.05, 0.1) is 0 Å². The molecule has 5 aliphatic rings. The minimum atomic E-state index is 0.580. The van der Waals surface area contributed by atoms with E-state index in [0.29, 0.717) is 24.3 Å². The Labute approximate surface area is 237 Å². The van der Waals surface area contributed by atoms with E-state index in [4.69, 9.17) is 5.73 Å². The van der Waals surface area contributed by atoms with Crippen LogP contribution >= 0.6 is 0 Å². The van der Waals surface area contributed by atoms with Gasteiger partial charge < -0.3 is 16.4 Å². The Morgan fingerprint density at radius 2 is 2.00 bits per heavy atom. The first-order chi connectivity index (χ1) is 19.3. The molecule has 2 heterocycles. The van der Waals surface area contributed by atoms with Gasteiger partial charge in [0, 0.05) is 19.6 Å². The molecule has 2 aliphatic heterocycles. The maximum Gasteiger partial charge on any atom is 0.0207 e. The van der Waals surface area contributed by atoms with Crippen LogP contribution in [-0.2, 0) is 0 Å². The first kappa shape index (κ1) is 28.0. The summed E-state index contributed by atoms with van der Waals surface area (Å²) in [7, 11) is 0. The number of nitrogens with two attached hydrogens (primary N) is 1. The van der Waals surface area contributed by atoms with Gasteiger partial charge in [-0.2, -0.15) is 0 Å². The van der Waals surface area contributed by atoms with Crippen LogP contribution in [0.25, 0.3) is 0 Å². The second-order valence-electron chi connectivity index (χ2n) is 12.3. The molecule has 0 fully saturated rings. The minimum Gasteiger partial charge on any atom is -0.391 e. The van der Waals surface area contributed by atoms with Gasteiger partial charge in [-0.25, -0.2) is 0 Å². The number of allylic oxidation sites excluding steroid dienone is 12. The molecule has 4 atom stereocenters. The normalized spacial score (nSPS) is 29.1. The van der Waals surface area contributed by atoms with Gasteiger partial charge in [-0.05, 0) is 123 Å². The van der Waals surface area contributed by atoms with Crippen LogP contribution < -0.4 is 16.4 Å². The molecule has 0 radical (unpaired) electrons. The van der Waals surface area contributed by atoms with Crippen LogP contribution in [-0.4, -0.2) is 19.6 Å². The molecule has 0 aromatic heterocycles. The molecule has 4 N–H and O–H groups in total. The van der Waals surface area contributed by atoms with Gasteiger partial charge in [0.25, 0.3) is 0 Å². The van der Waals surface area contributed by atoms with Crippen molar-refractivity contribution < 1.29 is 0 Å². The number of rotatable bonds is 11. The van der Waals surface area contributed by atoms with Gasteiger partial charge >= 0.3 is 0 Å². The van der Waals surface area contributed by atoms with E-state index >= 15 is 0 Å². The molecule has 0 saturated carbocycles. The van der Waals surface area contributed by atoms with Crippen LogP contribution in [0.1, 0.15) is 83.5 Å². The summed E-state index contributed by atoms with van der Waals surface area (Å²) in [5, 5.41) is 6.75. The topological polar surface area (TPSA) is 50.1 Å². The van der Waals surface area contributed by atoms with Gasteiger partial charge in [-0.15, -0.1) is 0 Å². The van der Waals surface area contributed by atoms with E-state index in [9.17, 15) is 0 Å². The standard InChI is InChI=1S/C36H51N3/c37-25-33(14-6-10-29-12-8-24-39-27-29)30-17-19-32(20-18-30)35-22-21-31(34-15-4-5-16-36(34)35)13-3-1-2-9-28-11-7-23-38-26-28/h5-6,8,10,14,16,19,21-22,24,26,29-31,34,38-39H,1-4,7,9,11-13,15,17-18,20,23,25,27,37H2/b10-6+,33-14+/t29-,30?,31-,34?/m1/s1. The molecule has 5 rings (SSSR count). The second-order valence-corrected chi connectivity index (χ2v) is 12.3. The first-order valence-electron chi connectivity index (χ1n) is 16.0. The van der Waals surface area contributed by atoms with Crippen molar-refractivity contribution in [3.05, 3.63) is 94.9 Å². The molecule has 210 valence electrons. The molecule has 0 aromatic carbocycles. The predicted octanol–water partition coefficient (Wildman–Crippen LogP) is 7.94. The van der Waals surface area contributed by atoms with Crippen LogP contribution in [0, 0.1) is 23.7 Å². The lowest BCUT2D eigenvalue weighted by Crippen LogP contribution is -2.22. The van der Waals surface area contributed by atoms with Crippen molar-refractivity contribution in [2.24, 2.45) is 29.4 Å². The lowest BCUT2D eigenvalue weighted by molar-refractivity contribution is 0.381. The molecule has 0 spiro atoms. The summed E-state index contributed by atoms with van der Waals surface area (Å²) >= 11 is 0. The van der Waals surface area contributed by atoms with Gasteiger partial charge in [0.1, 0.15) is 0 Å². The lowest BCUT2D eigenvalue weighted by atomic mass is 9.70. The van der Waals surface area contributed by atoms with Crippen LogP contribution in [0.2, 0.25) is 0 Å². The monoisotopic (exact) mass is 525 g/mol. The fourth-order valence-corrected chi connectivity index (χ4v) is 7.25. The van der Waals surface area contributed by atoms with Gasteiger partial charge in [-0.3, -0.25) is 0 Å². The SMILES string of the molecule is NC/C(=C\C=C\[C@@H]1CC=CNC1)C1CC=C(C2=C3C=CCCC3[C@H](CCCCCC3=CNCCC3)C=C2)CC1. The Balaban J connectivity index is 1.15. The van der Waals surface area contributed by atoms with Gasteiger partial charge in [0.15, 0.2) is 0 Å². The van der Waals surface area contributed by atoms with E-state index in [1.807, 2.05) is 0 Å². The molecule has 0 bridgehead atoms. The molecule has 3 nitrogen and oxygen atoms in total. The van der Waals surface area contributed by atoms with Gasteiger partial charge in [0.2, 0.25) is 0 Å². The quantitative estimate of drug-likeness (QED) is 0.189. The zero-order chi connectivity index (χ0) is 26.7. The van der Waals surface area contributed by atoms with Crippen LogP contribution in [0.15, 0.2) is 94.9 Å². The molecule has 0 saturated heterocycles. The number of hydrogen-bond acceptors (Lipinski definition) is 3. The number of hydrogen-bond donors (Lipinski definition) is 3. The second kappa shape index (κ2) is 14.7. The predicted molar refractivity (Wildman–Crippen MR) is 167 cm³/mol. The van der Waals surface area contributed by atoms with Crippen molar-refractivity contribution in [1.82, 2.24) is 10.6 Å². The Bertz CT molecular complexity index is 1060. The summed E-state index contributed by atoms with van der Waals surface area (Å²) in [4.78, 5) is 0. The zero-order valence-electron chi connectivity index (χ0n) is 24.1. The average molecular weight is 526 g/mol. The van der Waals surface area contributed by atoms with Crippen molar-refractivity contribution >= 4 is 0 Å². The maximum absolute atomic E-state index is 6.22. The van der Waals surface area contributed by atoms with E-state index < -0.39 is 0 Å². The molecule has 3 aliphatic carbocycles. The van der Waals surface area contributed by atoms with Crippen LogP contribution in [0.3, 0.4) is 0 Å². The molecule has 3 heteroatoms. The Morgan fingerprint density at radius 1 is 1.03 bits per heavy atom. The average Bonchev–Trinajstić information content (AvgIpc) is 3.00. The third kappa shape index (κ3) is 7.78. The van der Waals surface area contributed by atoms with Gasteiger partial charge in [-0.1, -0.05) is 78.7 Å². The Morgan fingerprint density at radius 3 is 2.79 bits per heavy atom. The largest absolute Gasteiger partial charge is 0.391 e. The lowest BCUT2D eigenvalue weighted by Gasteiger charge is -2.35. The van der Waals surface area contributed by atoms with Crippen molar-refractivity contribution in [3.63, 3.8) is 0 Å². The molecule has 0 aromatic rings. The maximum atomic E-state index is 6.22. The third-order valence-corrected chi connectivity index (χ3v) is 9.60. The summed E-state index contributed by atoms with van der Waals surface area (Å²) in [5.41, 5.74) is 14.0. The van der Waals surface area contributed by atoms with Crippen LogP contribution in [0.5, 0.6) is 0 Å². The molecular formula is C36H51N3. The van der Waals surface area contributed by atoms with Crippen LogP contribution in [0.4, 0.5) is 0 Å². The summed E-state index contributed by atoms with van der Waals surface area (Å²) in [5.74, 6) is 2.60. The van der Waals surface area contributed by atoms with Crippen molar-refractivity contribution in [2.75, 3.05) is 19.6 Å². The highest BCUT2D eigenvalue weighted by Gasteiger charge is 2.30. The Hall–Kier alpha value is -2.52. The summed E-state index contributed by atoms with van der Waals surface area (Å²) in [6, 6.07) is 0. The summed E-state index contributed by atoms with van der Waals surface area (Å²) in [6.45, 7) is 2.85. The molecule has 39 heavy (non-hydrogen) atoms. The highest BCUT2D eigenvalue weighted by atomic mass is 14.8. The number of nitrogens with one attached hydrogen (secondary N) is 2. The molecule has 2 unspecified atom stereocenters. The van der Waals surface area contributed by atoms with E-state index in [1.165, 1.54) is 76.2 Å². The summed E-state index contributed by atoms with van der Waals surface area (Å²) in [6.07, 6.45) is 42.5. The Kier molecular flexibility index (Phi) is 10.6. The third-order valence-electron chi connectivity index (χ3n) is 9.60. The van der Waals surface area contributed by atoms with E-state index in [1.54, 1.807) is 22.3 Å². The molecule has 0 amide bonds. The van der Waals surface area contributed by atoms with E-state index in [0.717, 1.165) is 31.8 Å². The van der Waals surface area contributed by atoms with Crippen molar-refractivity contribution in [2.45, 2.75) is 83.5 Å². The minimum absolute atomic E-state index is 0.580. The van der Waals surface area contributed by atoms with E-state index in [2.05, 4.69) is 77.7 Å². The fraction of sp³-hybridized carbons (Fsp3) is 0.556. The fourth-order valence-electron chi connectivity index (χ4n) is 7.25. The highest BCUT2D eigenvalue weighted by Crippen LogP contribution is 2.43. The number of unbranched alkanes of at least 4 members (excludes halogenated alkanes) is 2. The first-order valence-corrected chi connectivity index (χ1v) is 16.0. The summed E-state index contributed by atoms with van der Waals surface area (Å²) < 4.78 is 0. The zero-order valence-corrected chi connectivity index (χ0v) is 24.1. The van der Waals surface area contributed by atoms with Crippen molar-refractivity contribution in [3.8, 4) is 0 Å². The van der Waals surface area contributed by atoms with Crippen molar-refractivity contribution in [1.29, 1.82) is 0 Å². The molecular weight excluding hydrogens is 474 g/mol. The highest BCUT2D eigenvalue weighted by molar-refractivity contribution is 5.52. The van der Waals surface area contributed by atoms with E-state index in [-0.39, 0.29) is 0 Å².